The highest BCUT2D eigenvalue weighted by atomic mass is 16.5. The smallest absolute Gasteiger partial charge is 0.260 e. The summed E-state index contributed by atoms with van der Waals surface area (Å²) in [7, 11) is 0. The Labute approximate surface area is 139 Å². The van der Waals surface area contributed by atoms with Crippen molar-refractivity contribution in [3.05, 3.63) is 41.8 Å². The van der Waals surface area contributed by atoms with E-state index in [2.05, 4.69) is 15.8 Å². The van der Waals surface area contributed by atoms with Crippen molar-refractivity contribution in [1.82, 2.24) is 5.16 Å². The van der Waals surface area contributed by atoms with Crippen LogP contribution in [0.15, 0.2) is 35.0 Å². The number of nitrogens with two attached hydrogens (primary N) is 1. The lowest BCUT2D eigenvalue weighted by Crippen LogP contribution is -2.23. The second-order valence-corrected chi connectivity index (χ2v) is 6.09. The molecule has 3 rings (SSSR count). The third-order valence-corrected chi connectivity index (χ3v) is 4.25. The topological polar surface area (TPSA) is 110 Å². The number of rotatable bonds is 4. The molecule has 1 saturated carbocycles. The Bertz CT molecular complexity index is 739. The van der Waals surface area contributed by atoms with Crippen LogP contribution in [-0.2, 0) is 4.79 Å². The Kier molecular flexibility index (Phi) is 4.61. The van der Waals surface area contributed by atoms with Crippen molar-refractivity contribution in [2.24, 2.45) is 11.7 Å². The molecule has 7 nitrogen and oxygen atoms in total. The highest BCUT2D eigenvalue weighted by molar-refractivity contribution is 6.04. The monoisotopic (exact) mass is 328 g/mol. The number of hydrogen-bond donors (Lipinski definition) is 3. The first-order chi connectivity index (χ1) is 11.5. The summed E-state index contributed by atoms with van der Waals surface area (Å²) >= 11 is 0. The molecule has 0 aliphatic heterocycles. The Morgan fingerprint density at radius 3 is 2.38 bits per heavy atom. The molecule has 24 heavy (non-hydrogen) atoms. The minimum atomic E-state index is -0.287. The van der Waals surface area contributed by atoms with E-state index in [-0.39, 0.29) is 23.8 Å². The summed E-state index contributed by atoms with van der Waals surface area (Å²) in [4.78, 5) is 24.2. The molecule has 0 radical (unpaired) electrons. The van der Waals surface area contributed by atoms with Crippen LogP contribution in [0.5, 0.6) is 0 Å². The highest BCUT2D eigenvalue weighted by Crippen LogP contribution is 2.25. The predicted octanol–water partition coefficient (Wildman–Crippen LogP) is 2.30. The van der Waals surface area contributed by atoms with E-state index in [1.54, 1.807) is 31.2 Å². The third kappa shape index (κ3) is 3.62. The van der Waals surface area contributed by atoms with Crippen LogP contribution in [0.3, 0.4) is 0 Å². The fourth-order valence-electron chi connectivity index (χ4n) is 2.85. The molecule has 1 aromatic heterocycles. The van der Waals surface area contributed by atoms with Crippen molar-refractivity contribution in [1.29, 1.82) is 0 Å². The van der Waals surface area contributed by atoms with Crippen LogP contribution >= 0.6 is 0 Å². The number of carbonyl (C=O) groups excluding carboxylic acids is 2. The summed E-state index contributed by atoms with van der Waals surface area (Å²) in [6.07, 6.45) is 3.84. The van der Waals surface area contributed by atoms with Crippen molar-refractivity contribution >= 4 is 23.2 Å². The molecule has 0 spiro atoms. The molecule has 2 amide bonds. The maximum Gasteiger partial charge on any atom is 0.260 e. The van der Waals surface area contributed by atoms with Gasteiger partial charge in [0.1, 0.15) is 11.3 Å². The molecule has 4 N–H and O–H groups in total. The van der Waals surface area contributed by atoms with Gasteiger partial charge in [0.15, 0.2) is 0 Å². The summed E-state index contributed by atoms with van der Waals surface area (Å²) in [6, 6.07) is 7.10. The second kappa shape index (κ2) is 6.84. The van der Waals surface area contributed by atoms with Crippen LogP contribution in [0.4, 0.5) is 11.4 Å². The average molecular weight is 328 g/mol. The minimum Gasteiger partial charge on any atom is -0.361 e. The number of anilines is 2. The van der Waals surface area contributed by atoms with Gasteiger partial charge in [0.05, 0.1) is 6.20 Å². The van der Waals surface area contributed by atoms with E-state index in [1.807, 2.05) is 0 Å². The van der Waals surface area contributed by atoms with E-state index >= 15 is 0 Å². The van der Waals surface area contributed by atoms with Gasteiger partial charge in [-0.05, 0) is 50.5 Å². The van der Waals surface area contributed by atoms with Gasteiger partial charge in [0.2, 0.25) is 5.91 Å². The Hall–Kier alpha value is -2.67. The number of carbonyl (C=O) groups is 2. The molecule has 2 aromatic rings. The van der Waals surface area contributed by atoms with Gasteiger partial charge in [-0.2, -0.15) is 0 Å². The molecular formula is C17H20N4O3. The van der Waals surface area contributed by atoms with Crippen LogP contribution in [-0.4, -0.2) is 23.0 Å². The number of benzene rings is 1. The molecule has 1 aliphatic carbocycles. The predicted molar refractivity (Wildman–Crippen MR) is 89.6 cm³/mol. The first-order valence-corrected chi connectivity index (χ1v) is 7.92. The molecule has 2 atom stereocenters. The minimum absolute atomic E-state index is 0.000156. The zero-order valence-corrected chi connectivity index (χ0v) is 13.4. The molecule has 1 heterocycles. The lowest BCUT2D eigenvalue weighted by Gasteiger charge is -2.11. The maximum absolute atomic E-state index is 12.2. The van der Waals surface area contributed by atoms with Gasteiger partial charge in [-0.15, -0.1) is 0 Å². The van der Waals surface area contributed by atoms with E-state index in [0.29, 0.717) is 22.7 Å². The number of aromatic nitrogens is 1. The summed E-state index contributed by atoms with van der Waals surface area (Å²) in [5.74, 6) is 0.160. The van der Waals surface area contributed by atoms with Gasteiger partial charge in [-0.1, -0.05) is 5.16 Å². The zero-order chi connectivity index (χ0) is 17.1. The lowest BCUT2D eigenvalue weighted by molar-refractivity contribution is -0.119. The fourth-order valence-corrected chi connectivity index (χ4v) is 2.85. The summed E-state index contributed by atoms with van der Waals surface area (Å²) in [5.41, 5.74) is 7.56. The molecule has 1 aliphatic rings. The summed E-state index contributed by atoms with van der Waals surface area (Å²) < 4.78 is 4.88. The van der Waals surface area contributed by atoms with Crippen LogP contribution in [0.25, 0.3) is 0 Å². The van der Waals surface area contributed by atoms with Gasteiger partial charge < -0.3 is 20.9 Å². The standard InChI is InChI=1S/C17H20N4O3/c1-10-15(9-19-24-10)17(23)21-14-6-4-13(5-7-14)20-16(22)11-2-3-12(18)8-11/h4-7,9,11-12H,2-3,8,18H2,1H3,(H,20,22)(H,21,23). The number of nitrogens with zero attached hydrogens (tertiary/aromatic N) is 1. The quantitative estimate of drug-likeness (QED) is 0.797. The Morgan fingerprint density at radius 2 is 1.83 bits per heavy atom. The maximum atomic E-state index is 12.2. The molecule has 0 saturated heterocycles. The van der Waals surface area contributed by atoms with Crippen LogP contribution < -0.4 is 16.4 Å². The van der Waals surface area contributed by atoms with E-state index in [9.17, 15) is 9.59 Å². The molecule has 1 aromatic carbocycles. The summed E-state index contributed by atoms with van der Waals surface area (Å²) in [6.45, 7) is 1.68. The first-order valence-electron chi connectivity index (χ1n) is 7.92. The van der Waals surface area contributed by atoms with Crippen molar-refractivity contribution in [3.63, 3.8) is 0 Å². The number of nitrogens with one attached hydrogen (secondary N) is 2. The van der Waals surface area contributed by atoms with Crippen LogP contribution in [0.1, 0.15) is 35.4 Å². The van der Waals surface area contributed by atoms with Crippen LogP contribution in [0, 0.1) is 12.8 Å². The zero-order valence-electron chi connectivity index (χ0n) is 13.4. The fraction of sp³-hybridized carbons (Fsp3) is 0.353. The highest BCUT2D eigenvalue weighted by Gasteiger charge is 2.27. The van der Waals surface area contributed by atoms with Gasteiger partial charge in [0, 0.05) is 23.3 Å². The molecule has 126 valence electrons. The van der Waals surface area contributed by atoms with Crippen molar-refractivity contribution in [3.8, 4) is 0 Å². The van der Waals surface area contributed by atoms with Gasteiger partial charge >= 0.3 is 0 Å². The molecule has 2 unspecified atom stereocenters. The normalized spacial score (nSPS) is 19.9. The molecule has 0 bridgehead atoms. The Morgan fingerprint density at radius 1 is 1.17 bits per heavy atom. The largest absolute Gasteiger partial charge is 0.361 e. The second-order valence-electron chi connectivity index (χ2n) is 6.09. The van der Waals surface area contributed by atoms with Crippen molar-refractivity contribution < 1.29 is 14.1 Å². The molecule has 1 fully saturated rings. The Balaban J connectivity index is 1.58. The van der Waals surface area contributed by atoms with Crippen molar-refractivity contribution in [2.45, 2.75) is 32.2 Å². The lowest BCUT2D eigenvalue weighted by atomic mass is 10.1. The molecular weight excluding hydrogens is 308 g/mol. The number of hydrogen-bond acceptors (Lipinski definition) is 5. The number of aryl methyl sites for hydroxylation is 1. The van der Waals surface area contributed by atoms with E-state index in [4.69, 9.17) is 10.3 Å². The van der Waals surface area contributed by atoms with Crippen molar-refractivity contribution in [2.75, 3.05) is 10.6 Å². The molecule has 7 heteroatoms. The van der Waals surface area contributed by atoms with E-state index in [0.717, 1.165) is 19.3 Å². The van der Waals surface area contributed by atoms with E-state index < -0.39 is 0 Å². The SMILES string of the molecule is Cc1oncc1C(=O)Nc1ccc(NC(=O)C2CCC(N)C2)cc1. The van der Waals surface area contributed by atoms with Crippen LogP contribution in [0.2, 0.25) is 0 Å². The first kappa shape index (κ1) is 16.2. The van der Waals surface area contributed by atoms with Gasteiger partial charge in [0.25, 0.3) is 5.91 Å². The van der Waals surface area contributed by atoms with E-state index in [1.165, 1.54) is 6.20 Å². The third-order valence-electron chi connectivity index (χ3n) is 4.25. The number of amides is 2. The average Bonchev–Trinajstić information content (AvgIpc) is 3.17. The van der Waals surface area contributed by atoms with Gasteiger partial charge in [-0.25, -0.2) is 0 Å². The summed E-state index contributed by atoms with van der Waals surface area (Å²) in [5, 5.41) is 9.23. The van der Waals surface area contributed by atoms with Gasteiger partial charge in [-0.3, -0.25) is 9.59 Å².